The van der Waals surface area contributed by atoms with Crippen LogP contribution < -0.4 is 5.43 Å². The third kappa shape index (κ3) is 2.77. The summed E-state index contributed by atoms with van der Waals surface area (Å²) in [5.74, 6) is -0.854. The van der Waals surface area contributed by atoms with Gasteiger partial charge in [0.2, 0.25) is 0 Å². The van der Waals surface area contributed by atoms with E-state index in [1.165, 1.54) is 36.6 Å². The van der Waals surface area contributed by atoms with Crippen LogP contribution in [0.1, 0.15) is 43.7 Å². The van der Waals surface area contributed by atoms with Crippen molar-refractivity contribution in [3.05, 3.63) is 81.5 Å². The predicted octanol–water partition coefficient (Wildman–Crippen LogP) is 5.24. The third-order valence-electron chi connectivity index (χ3n) is 6.42. The number of halogens is 3. The standard InChI is InChI=1S/C22H19F2IN2O2/c1-12-14-10-17(19-15(23)5-4-6-16(19)24)26-27-20(14)22(11-25,21(12,2)3)18-9-13(28)7-8-29-18/h4-10,12H,11H2,1-3H3/t12-,22-/m0/s1. The fourth-order valence-electron chi connectivity index (χ4n) is 4.34. The van der Waals surface area contributed by atoms with E-state index in [4.69, 9.17) is 4.42 Å². The van der Waals surface area contributed by atoms with Crippen LogP contribution in [-0.2, 0) is 5.41 Å². The van der Waals surface area contributed by atoms with Crippen LogP contribution in [0.4, 0.5) is 8.78 Å². The molecule has 0 saturated heterocycles. The molecule has 2 heterocycles. The van der Waals surface area contributed by atoms with Gasteiger partial charge in [-0.15, -0.1) is 5.10 Å². The Hall–Kier alpha value is -2.16. The summed E-state index contributed by atoms with van der Waals surface area (Å²) >= 11 is 2.27. The van der Waals surface area contributed by atoms with Gasteiger partial charge in [-0.25, -0.2) is 8.78 Å². The summed E-state index contributed by atoms with van der Waals surface area (Å²) in [7, 11) is 0. The Balaban J connectivity index is 1.99. The van der Waals surface area contributed by atoms with Gasteiger partial charge in [0.05, 0.1) is 28.6 Å². The van der Waals surface area contributed by atoms with Gasteiger partial charge >= 0.3 is 0 Å². The Morgan fingerprint density at radius 3 is 2.45 bits per heavy atom. The molecule has 4 rings (SSSR count). The molecule has 0 spiro atoms. The van der Waals surface area contributed by atoms with Gasteiger partial charge in [0.1, 0.15) is 17.4 Å². The molecule has 7 heteroatoms. The van der Waals surface area contributed by atoms with Crippen LogP contribution in [0, 0.1) is 17.0 Å². The first-order valence-corrected chi connectivity index (χ1v) is 10.7. The molecule has 1 aliphatic carbocycles. The van der Waals surface area contributed by atoms with Crippen LogP contribution in [0.2, 0.25) is 0 Å². The zero-order valence-corrected chi connectivity index (χ0v) is 18.3. The summed E-state index contributed by atoms with van der Waals surface area (Å²) in [4.78, 5) is 12.0. The minimum atomic E-state index is -0.692. The molecule has 29 heavy (non-hydrogen) atoms. The van der Waals surface area contributed by atoms with E-state index >= 15 is 0 Å². The molecular weight excluding hydrogens is 489 g/mol. The minimum absolute atomic E-state index is 0.0122. The summed E-state index contributed by atoms with van der Waals surface area (Å²) in [6, 6.07) is 8.30. The van der Waals surface area contributed by atoms with Crippen molar-refractivity contribution >= 4 is 22.6 Å². The van der Waals surface area contributed by atoms with Gasteiger partial charge in [0.15, 0.2) is 5.43 Å². The summed E-state index contributed by atoms with van der Waals surface area (Å²) < 4.78 is 35.0. The first-order chi connectivity index (χ1) is 13.7. The normalized spacial score (nSPS) is 22.5. The van der Waals surface area contributed by atoms with Gasteiger partial charge in [0, 0.05) is 16.6 Å². The van der Waals surface area contributed by atoms with Gasteiger partial charge in [-0.3, -0.25) is 4.79 Å². The minimum Gasteiger partial charge on any atom is -0.468 e. The Morgan fingerprint density at radius 1 is 1.14 bits per heavy atom. The molecule has 4 nitrogen and oxygen atoms in total. The van der Waals surface area contributed by atoms with E-state index < -0.39 is 17.0 Å². The molecule has 0 bridgehead atoms. The molecule has 0 fully saturated rings. The number of hydrogen-bond donors (Lipinski definition) is 0. The Morgan fingerprint density at radius 2 is 1.83 bits per heavy atom. The topological polar surface area (TPSA) is 56.0 Å². The van der Waals surface area contributed by atoms with E-state index in [0.29, 0.717) is 15.9 Å². The van der Waals surface area contributed by atoms with Crippen LogP contribution >= 0.6 is 22.6 Å². The van der Waals surface area contributed by atoms with Crippen LogP contribution in [-0.4, -0.2) is 14.6 Å². The number of fused-ring (bicyclic) bond motifs is 1. The van der Waals surface area contributed by atoms with Crippen molar-refractivity contribution in [3.8, 4) is 11.3 Å². The highest BCUT2D eigenvalue weighted by Crippen LogP contribution is 2.61. The van der Waals surface area contributed by atoms with Crippen molar-refractivity contribution in [3.63, 3.8) is 0 Å². The summed E-state index contributed by atoms with van der Waals surface area (Å²) in [5.41, 5.74) is 0.277. The molecule has 1 aliphatic rings. The zero-order valence-electron chi connectivity index (χ0n) is 16.2. The van der Waals surface area contributed by atoms with E-state index in [2.05, 4.69) is 53.6 Å². The SMILES string of the molecule is C[C@H]1c2cc(-c3c(F)cccc3F)nnc2[C@](CI)(c2cc(=O)cco2)C1(C)C. The average molecular weight is 508 g/mol. The molecule has 1 aromatic carbocycles. The number of benzene rings is 1. The molecule has 3 aromatic rings. The average Bonchev–Trinajstić information content (AvgIpc) is 2.85. The third-order valence-corrected chi connectivity index (χ3v) is 7.56. The van der Waals surface area contributed by atoms with Crippen molar-refractivity contribution < 1.29 is 13.2 Å². The largest absolute Gasteiger partial charge is 0.468 e. The van der Waals surface area contributed by atoms with Crippen molar-refractivity contribution in [1.82, 2.24) is 10.2 Å². The summed E-state index contributed by atoms with van der Waals surface area (Å²) in [6.07, 6.45) is 1.39. The fraction of sp³-hybridized carbons (Fsp3) is 0.318. The van der Waals surface area contributed by atoms with E-state index in [0.717, 1.165) is 5.56 Å². The highest BCUT2D eigenvalue weighted by molar-refractivity contribution is 14.1. The summed E-state index contributed by atoms with van der Waals surface area (Å²) in [5, 5.41) is 8.62. The Bertz CT molecular complexity index is 1140. The smallest absolute Gasteiger partial charge is 0.185 e. The van der Waals surface area contributed by atoms with Gasteiger partial charge in [-0.05, 0) is 35.1 Å². The van der Waals surface area contributed by atoms with Crippen molar-refractivity contribution in [1.29, 1.82) is 0 Å². The molecule has 2 aromatic heterocycles. The number of aromatic nitrogens is 2. The van der Waals surface area contributed by atoms with Crippen molar-refractivity contribution in [2.45, 2.75) is 32.1 Å². The van der Waals surface area contributed by atoms with Crippen molar-refractivity contribution in [2.24, 2.45) is 5.41 Å². The molecule has 0 radical (unpaired) electrons. The van der Waals surface area contributed by atoms with Crippen LogP contribution in [0.3, 0.4) is 0 Å². The Kier molecular flexibility index (Phi) is 4.83. The molecule has 0 N–H and O–H groups in total. The second kappa shape index (κ2) is 6.97. The van der Waals surface area contributed by atoms with Crippen LogP contribution in [0.15, 0.2) is 51.9 Å². The van der Waals surface area contributed by atoms with E-state index in [1.54, 1.807) is 6.07 Å². The monoisotopic (exact) mass is 508 g/mol. The lowest BCUT2D eigenvalue weighted by Gasteiger charge is -2.41. The van der Waals surface area contributed by atoms with Gasteiger partial charge in [0.25, 0.3) is 0 Å². The van der Waals surface area contributed by atoms with Gasteiger partial charge in [-0.1, -0.05) is 49.4 Å². The first kappa shape index (κ1) is 20.1. The maximum Gasteiger partial charge on any atom is 0.185 e. The zero-order chi connectivity index (χ0) is 21.0. The van der Waals surface area contributed by atoms with E-state index in [1.807, 2.05) is 0 Å². The lowest BCUT2D eigenvalue weighted by Crippen LogP contribution is -2.43. The fourth-order valence-corrected chi connectivity index (χ4v) is 6.06. The molecule has 0 aliphatic heterocycles. The highest BCUT2D eigenvalue weighted by atomic mass is 127. The predicted molar refractivity (Wildman–Crippen MR) is 114 cm³/mol. The number of alkyl halides is 1. The van der Waals surface area contributed by atoms with E-state index in [-0.39, 0.29) is 28.0 Å². The van der Waals surface area contributed by atoms with E-state index in [9.17, 15) is 13.6 Å². The Labute approximate surface area is 180 Å². The number of rotatable bonds is 3. The van der Waals surface area contributed by atoms with Crippen LogP contribution in [0.5, 0.6) is 0 Å². The maximum absolute atomic E-state index is 14.3. The number of nitrogens with zero attached hydrogens (tertiary/aromatic N) is 2. The lowest BCUT2D eigenvalue weighted by atomic mass is 9.63. The molecular formula is C22H19F2IN2O2. The van der Waals surface area contributed by atoms with Gasteiger partial charge < -0.3 is 4.42 Å². The van der Waals surface area contributed by atoms with Crippen molar-refractivity contribution in [2.75, 3.05) is 4.43 Å². The molecule has 150 valence electrons. The van der Waals surface area contributed by atoms with Crippen LogP contribution in [0.25, 0.3) is 11.3 Å². The number of hydrogen-bond acceptors (Lipinski definition) is 4. The second-order valence-corrected chi connectivity index (χ2v) is 8.71. The maximum atomic E-state index is 14.3. The molecule has 0 amide bonds. The molecule has 2 atom stereocenters. The molecule has 0 saturated carbocycles. The van der Waals surface area contributed by atoms with Gasteiger partial charge in [-0.2, -0.15) is 5.10 Å². The lowest BCUT2D eigenvalue weighted by molar-refractivity contribution is 0.183. The second-order valence-electron chi connectivity index (χ2n) is 7.94. The quantitative estimate of drug-likeness (QED) is 0.359. The first-order valence-electron chi connectivity index (χ1n) is 9.22. The highest BCUT2D eigenvalue weighted by Gasteiger charge is 2.59. The summed E-state index contributed by atoms with van der Waals surface area (Å²) in [6.45, 7) is 6.24. The molecule has 0 unspecified atom stereocenters.